The average Bonchev–Trinajstić information content (AvgIpc) is 3.18. The van der Waals surface area contributed by atoms with Gasteiger partial charge in [0, 0.05) is 38.2 Å². The van der Waals surface area contributed by atoms with Crippen molar-refractivity contribution in [1.29, 1.82) is 0 Å². The lowest BCUT2D eigenvalue weighted by molar-refractivity contribution is -0.126. The van der Waals surface area contributed by atoms with E-state index in [0.717, 1.165) is 12.1 Å². The van der Waals surface area contributed by atoms with Gasteiger partial charge < -0.3 is 29.3 Å². The van der Waals surface area contributed by atoms with Gasteiger partial charge in [0.05, 0.1) is 32.9 Å². The number of carbonyl (C=O) groups excluding carboxylic acids is 2. The Morgan fingerprint density at radius 1 is 1.06 bits per heavy atom. The zero-order valence-electron chi connectivity index (χ0n) is 19.3. The minimum Gasteiger partial charge on any atom is -0.493 e. The number of hydrogen-bond donors (Lipinski definition) is 1. The maximum atomic E-state index is 12.9. The lowest BCUT2D eigenvalue weighted by Crippen LogP contribution is -2.33. The Labute approximate surface area is 189 Å². The highest BCUT2D eigenvalue weighted by atomic mass is 16.5. The summed E-state index contributed by atoms with van der Waals surface area (Å²) < 4.78 is 16.1. The molecule has 1 N–H and O–H groups in total. The van der Waals surface area contributed by atoms with E-state index in [1.807, 2.05) is 32.3 Å². The quantitative estimate of drug-likeness (QED) is 0.644. The summed E-state index contributed by atoms with van der Waals surface area (Å²) in [5.41, 5.74) is 2.84. The van der Waals surface area contributed by atoms with Crippen LogP contribution in [0.1, 0.15) is 17.5 Å². The number of rotatable bonds is 9. The Morgan fingerprint density at radius 2 is 1.69 bits per heavy atom. The fourth-order valence-electron chi connectivity index (χ4n) is 3.91. The lowest BCUT2D eigenvalue weighted by Gasteiger charge is -2.20. The third kappa shape index (κ3) is 5.13. The highest BCUT2D eigenvalue weighted by Crippen LogP contribution is 2.42. The van der Waals surface area contributed by atoms with Crippen molar-refractivity contribution in [3.8, 4) is 17.2 Å². The van der Waals surface area contributed by atoms with Crippen LogP contribution in [-0.4, -0.2) is 58.7 Å². The van der Waals surface area contributed by atoms with Gasteiger partial charge in [-0.1, -0.05) is 24.3 Å². The van der Waals surface area contributed by atoms with E-state index < -0.39 is 5.92 Å². The molecule has 8 heteroatoms. The van der Waals surface area contributed by atoms with E-state index in [1.54, 1.807) is 17.0 Å². The number of nitrogens with one attached hydrogen (secondary N) is 1. The molecule has 8 nitrogen and oxygen atoms in total. The number of ether oxygens (including phenoxy) is 3. The zero-order chi connectivity index (χ0) is 23.3. The molecular formula is C24H31N3O5. The molecule has 0 spiro atoms. The van der Waals surface area contributed by atoms with Gasteiger partial charge in [0.25, 0.3) is 0 Å². The van der Waals surface area contributed by atoms with Crippen LogP contribution in [0.4, 0.5) is 5.69 Å². The van der Waals surface area contributed by atoms with Gasteiger partial charge in [-0.05, 0) is 25.2 Å². The zero-order valence-corrected chi connectivity index (χ0v) is 19.3. The molecule has 1 atom stereocenters. The topological polar surface area (TPSA) is 80.3 Å². The molecule has 1 aliphatic rings. The van der Waals surface area contributed by atoms with Gasteiger partial charge in [0.2, 0.25) is 17.6 Å². The molecule has 0 saturated carbocycles. The van der Waals surface area contributed by atoms with Crippen LogP contribution in [0.3, 0.4) is 0 Å². The van der Waals surface area contributed by atoms with E-state index in [1.165, 1.54) is 26.9 Å². The van der Waals surface area contributed by atoms with E-state index >= 15 is 0 Å². The van der Waals surface area contributed by atoms with Crippen LogP contribution >= 0.6 is 0 Å². The Hall–Kier alpha value is -3.26. The normalized spacial score (nSPS) is 15.8. The van der Waals surface area contributed by atoms with Crippen molar-refractivity contribution in [2.45, 2.75) is 19.5 Å². The first-order valence-electron chi connectivity index (χ1n) is 10.5. The molecule has 2 aromatic rings. The number of methoxy groups -OCH3 is 3. The molecule has 32 heavy (non-hydrogen) atoms. The molecule has 0 bridgehead atoms. The summed E-state index contributed by atoms with van der Waals surface area (Å²) in [5, 5.41) is 3.00. The van der Waals surface area contributed by atoms with Crippen molar-refractivity contribution in [3.05, 3.63) is 47.5 Å². The fraction of sp³-hybridized carbons (Fsp3) is 0.417. The van der Waals surface area contributed by atoms with Gasteiger partial charge >= 0.3 is 0 Å². The lowest BCUT2D eigenvalue weighted by atomic mass is 10.1. The SMILES string of the molecule is COc1cc(N2C[C@H](C(=O)NCc3ccccc3CN(C)C)CC2=O)cc(OC)c1OC. The number of hydrogen-bond acceptors (Lipinski definition) is 6. The van der Waals surface area contributed by atoms with Crippen LogP contribution in [-0.2, 0) is 22.7 Å². The van der Waals surface area contributed by atoms with Crippen molar-refractivity contribution < 1.29 is 23.8 Å². The molecule has 1 aliphatic heterocycles. The summed E-state index contributed by atoms with van der Waals surface area (Å²) in [4.78, 5) is 29.3. The Bertz CT molecular complexity index is 951. The van der Waals surface area contributed by atoms with Crippen LogP contribution < -0.4 is 24.4 Å². The Balaban J connectivity index is 1.70. The van der Waals surface area contributed by atoms with Gasteiger partial charge in [-0.2, -0.15) is 0 Å². The van der Waals surface area contributed by atoms with E-state index in [0.29, 0.717) is 36.0 Å². The summed E-state index contributed by atoms with van der Waals surface area (Å²) in [5.74, 6) is 0.694. The second-order valence-corrected chi connectivity index (χ2v) is 8.01. The molecule has 0 aliphatic carbocycles. The smallest absolute Gasteiger partial charge is 0.227 e. The Kier molecular flexibility index (Phi) is 7.58. The minimum absolute atomic E-state index is 0.118. The highest BCUT2D eigenvalue weighted by molar-refractivity contribution is 6.00. The minimum atomic E-state index is -0.428. The molecule has 0 radical (unpaired) electrons. The molecule has 3 rings (SSSR count). The van der Waals surface area contributed by atoms with Crippen LogP contribution in [0, 0.1) is 5.92 Å². The number of benzene rings is 2. The van der Waals surface area contributed by atoms with Gasteiger partial charge in [-0.3, -0.25) is 9.59 Å². The van der Waals surface area contributed by atoms with Crippen molar-refractivity contribution >= 4 is 17.5 Å². The van der Waals surface area contributed by atoms with Crippen LogP contribution in [0.2, 0.25) is 0 Å². The third-order valence-corrected chi connectivity index (χ3v) is 5.52. The first kappa shape index (κ1) is 23.4. The maximum Gasteiger partial charge on any atom is 0.227 e. The highest BCUT2D eigenvalue weighted by Gasteiger charge is 2.36. The van der Waals surface area contributed by atoms with Crippen molar-refractivity contribution in [2.75, 3.05) is 46.9 Å². The number of nitrogens with zero attached hydrogens (tertiary/aromatic N) is 2. The molecule has 1 fully saturated rings. The van der Waals surface area contributed by atoms with Crippen LogP contribution in [0.5, 0.6) is 17.2 Å². The monoisotopic (exact) mass is 441 g/mol. The van der Waals surface area contributed by atoms with Crippen LogP contribution in [0.25, 0.3) is 0 Å². The second-order valence-electron chi connectivity index (χ2n) is 8.01. The molecular weight excluding hydrogens is 410 g/mol. The molecule has 0 aromatic heterocycles. The largest absolute Gasteiger partial charge is 0.493 e. The predicted octanol–water partition coefficient (Wildman–Crippen LogP) is 2.44. The predicted molar refractivity (Wildman–Crippen MR) is 122 cm³/mol. The molecule has 2 amide bonds. The summed E-state index contributed by atoms with van der Waals surface area (Å²) in [6, 6.07) is 11.5. The number of anilines is 1. The van der Waals surface area contributed by atoms with Gasteiger partial charge in [0.15, 0.2) is 11.5 Å². The maximum absolute atomic E-state index is 12.9. The van der Waals surface area contributed by atoms with Gasteiger partial charge in [0.1, 0.15) is 0 Å². The van der Waals surface area contributed by atoms with E-state index in [-0.39, 0.29) is 18.2 Å². The fourth-order valence-corrected chi connectivity index (χ4v) is 3.91. The number of carbonyl (C=O) groups is 2. The first-order chi connectivity index (χ1) is 15.4. The van der Waals surface area contributed by atoms with Crippen molar-refractivity contribution in [3.63, 3.8) is 0 Å². The third-order valence-electron chi connectivity index (χ3n) is 5.52. The molecule has 0 unspecified atom stereocenters. The molecule has 172 valence electrons. The van der Waals surface area contributed by atoms with Crippen LogP contribution in [0.15, 0.2) is 36.4 Å². The number of amides is 2. The average molecular weight is 442 g/mol. The molecule has 1 heterocycles. The van der Waals surface area contributed by atoms with E-state index in [2.05, 4.69) is 16.3 Å². The van der Waals surface area contributed by atoms with E-state index in [4.69, 9.17) is 14.2 Å². The second kappa shape index (κ2) is 10.4. The standard InChI is InChI=1S/C24H31N3O5/c1-26(2)14-17-9-7-6-8-16(17)13-25-24(29)18-10-22(28)27(15-18)19-11-20(30-3)23(32-5)21(12-19)31-4/h6-9,11-12,18H,10,13-15H2,1-5H3,(H,25,29)/t18-/m1/s1. The van der Waals surface area contributed by atoms with Crippen molar-refractivity contribution in [1.82, 2.24) is 10.2 Å². The first-order valence-corrected chi connectivity index (χ1v) is 10.5. The summed E-state index contributed by atoms with van der Waals surface area (Å²) >= 11 is 0. The van der Waals surface area contributed by atoms with Crippen molar-refractivity contribution in [2.24, 2.45) is 5.92 Å². The summed E-state index contributed by atoms with van der Waals surface area (Å²) in [7, 11) is 8.60. The van der Waals surface area contributed by atoms with Gasteiger partial charge in [-0.25, -0.2) is 0 Å². The summed E-state index contributed by atoms with van der Waals surface area (Å²) in [6.07, 6.45) is 0.155. The molecule has 1 saturated heterocycles. The Morgan fingerprint density at radius 3 is 2.25 bits per heavy atom. The molecule has 2 aromatic carbocycles. The van der Waals surface area contributed by atoms with Gasteiger partial charge in [-0.15, -0.1) is 0 Å². The summed E-state index contributed by atoms with van der Waals surface area (Å²) in [6.45, 7) is 1.52. The van der Waals surface area contributed by atoms with E-state index in [9.17, 15) is 9.59 Å².